The van der Waals surface area contributed by atoms with Gasteiger partial charge in [0.2, 0.25) is 0 Å². The molecule has 0 radical (unpaired) electrons. The minimum atomic E-state index is -6.28. The van der Waals surface area contributed by atoms with Crippen LogP contribution in [0.15, 0.2) is 24.8 Å². The first-order valence-corrected chi connectivity index (χ1v) is 5.14. The molecule has 25 heavy (non-hydrogen) atoms. The van der Waals surface area contributed by atoms with Crippen LogP contribution >= 0.6 is 0 Å². The van der Waals surface area contributed by atoms with Crippen molar-refractivity contribution < 1.29 is 65.9 Å². The molecule has 0 aliphatic heterocycles. The van der Waals surface area contributed by atoms with Crippen LogP contribution in [0.1, 0.15) is 0 Å². The number of rotatable bonds is 2. The fraction of sp³-hybridized carbons (Fsp3) is 0.600. The van der Waals surface area contributed by atoms with Gasteiger partial charge in [-0.2, -0.15) is 61.5 Å². The summed E-state index contributed by atoms with van der Waals surface area (Å²) in [5.74, 6) is -5.94. The van der Waals surface area contributed by atoms with Crippen LogP contribution in [0, 0.1) is 0 Å². The SMILES string of the molecule is C=C(C(F)(F)F)C(F)(F)C(F)(F)F.C=CC(F)(C(F)(F)F)C(F)(F)F. The third-order valence-electron chi connectivity index (χ3n) is 2.18. The molecule has 150 valence electrons. The summed E-state index contributed by atoms with van der Waals surface area (Å²) in [6, 6.07) is 0. The monoisotopic (exact) mass is 410 g/mol. The molecule has 0 heterocycles. The van der Waals surface area contributed by atoms with Crippen LogP contribution in [-0.4, -0.2) is 36.3 Å². The van der Waals surface area contributed by atoms with E-state index in [0.717, 1.165) is 0 Å². The third-order valence-corrected chi connectivity index (χ3v) is 2.18. The standard InChI is InChI=1S/C5H2F8.C5H3F7/c1-2(4(8,9)10)3(6,7)5(11,12)13;1-2-3(6,4(7,8)9)5(10,11)12/h1H2;2H,1H2. The molecule has 0 saturated carbocycles. The van der Waals surface area contributed by atoms with E-state index in [1.807, 2.05) is 0 Å². The number of hydrogen-bond donors (Lipinski definition) is 0. The zero-order chi connectivity index (χ0) is 21.3. The van der Waals surface area contributed by atoms with E-state index in [1.165, 1.54) is 0 Å². The van der Waals surface area contributed by atoms with Crippen LogP contribution in [0.2, 0.25) is 0 Å². The van der Waals surface area contributed by atoms with Crippen molar-refractivity contribution in [1.29, 1.82) is 0 Å². The highest BCUT2D eigenvalue weighted by atomic mass is 19.4. The van der Waals surface area contributed by atoms with Crippen LogP contribution in [0.25, 0.3) is 0 Å². The predicted molar refractivity (Wildman–Crippen MR) is 52.3 cm³/mol. The fourth-order valence-electron chi connectivity index (χ4n) is 0.741. The highest BCUT2D eigenvalue weighted by molar-refractivity contribution is 5.16. The van der Waals surface area contributed by atoms with E-state index in [4.69, 9.17) is 0 Å². The van der Waals surface area contributed by atoms with Gasteiger partial charge in [-0.05, 0) is 6.08 Å². The molecule has 0 unspecified atom stereocenters. The first-order chi connectivity index (χ1) is 10.5. The zero-order valence-corrected chi connectivity index (χ0v) is 11.2. The van der Waals surface area contributed by atoms with Crippen LogP contribution in [0.3, 0.4) is 0 Å². The Morgan fingerprint density at radius 2 is 0.840 bits per heavy atom. The Hall–Kier alpha value is -1.57. The van der Waals surface area contributed by atoms with Gasteiger partial charge >= 0.3 is 36.3 Å². The van der Waals surface area contributed by atoms with Gasteiger partial charge in [0.25, 0.3) is 0 Å². The summed E-state index contributed by atoms with van der Waals surface area (Å²) in [6.07, 6.45) is -24.9. The fourth-order valence-corrected chi connectivity index (χ4v) is 0.741. The lowest BCUT2D eigenvalue weighted by atomic mass is 10.1. The van der Waals surface area contributed by atoms with E-state index in [-0.39, 0.29) is 0 Å². The van der Waals surface area contributed by atoms with Crippen molar-refractivity contribution in [2.75, 3.05) is 0 Å². The van der Waals surface area contributed by atoms with Gasteiger partial charge in [0.05, 0.1) is 0 Å². The molecule has 0 atom stereocenters. The molecule has 0 spiro atoms. The average Bonchev–Trinajstić information content (AvgIpc) is 2.32. The Kier molecular flexibility index (Phi) is 7.16. The van der Waals surface area contributed by atoms with Crippen molar-refractivity contribution in [3.63, 3.8) is 0 Å². The van der Waals surface area contributed by atoms with Gasteiger partial charge in [0.1, 0.15) is 5.57 Å². The minimum absolute atomic E-state index is 0.812. The Morgan fingerprint density at radius 3 is 0.880 bits per heavy atom. The molecule has 0 aromatic rings. The smallest absolute Gasteiger partial charge is 0.219 e. The minimum Gasteiger partial charge on any atom is -0.219 e. The maximum atomic E-state index is 12.2. The van der Waals surface area contributed by atoms with E-state index in [2.05, 4.69) is 6.58 Å². The lowest BCUT2D eigenvalue weighted by Gasteiger charge is -2.26. The quantitative estimate of drug-likeness (QED) is 0.370. The van der Waals surface area contributed by atoms with Crippen LogP contribution < -0.4 is 0 Å². The van der Waals surface area contributed by atoms with Crippen molar-refractivity contribution in [2.24, 2.45) is 0 Å². The molecule has 0 aromatic heterocycles. The maximum Gasteiger partial charge on any atom is 0.458 e. The molecule has 0 rings (SSSR count). The zero-order valence-electron chi connectivity index (χ0n) is 11.2. The van der Waals surface area contributed by atoms with Gasteiger partial charge in [-0.25, -0.2) is 4.39 Å². The molecular formula is C10H5F15. The Balaban J connectivity index is 0. The highest BCUT2D eigenvalue weighted by Gasteiger charge is 2.70. The number of hydrogen-bond acceptors (Lipinski definition) is 0. The van der Waals surface area contributed by atoms with E-state index in [0.29, 0.717) is 0 Å². The summed E-state index contributed by atoms with van der Waals surface area (Å²) in [4.78, 5) is 0. The Labute approximate surface area is 128 Å². The van der Waals surface area contributed by atoms with E-state index >= 15 is 0 Å². The Morgan fingerprint density at radius 1 is 0.560 bits per heavy atom. The molecular weight excluding hydrogens is 405 g/mol. The van der Waals surface area contributed by atoms with E-state index in [1.54, 1.807) is 6.58 Å². The van der Waals surface area contributed by atoms with Gasteiger partial charge in [-0.1, -0.05) is 13.2 Å². The summed E-state index contributed by atoms with van der Waals surface area (Å²) in [5.41, 5.74) is -8.44. The molecule has 15 heteroatoms. The van der Waals surface area contributed by atoms with Crippen molar-refractivity contribution in [1.82, 2.24) is 0 Å². The normalized spacial score (nSPS) is 14.5. The molecule has 0 aliphatic rings. The van der Waals surface area contributed by atoms with Crippen LogP contribution in [0.4, 0.5) is 65.9 Å². The second kappa shape index (κ2) is 6.97. The topological polar surface area (TPSA) is 0 Å². The highest BCUT2D eigenvalue weighted by Crippen LogP contribution is 2.47. The molecule has 0 aliphatic carbocycles. The molecule has 0 amide bonds. The van der Waals surface area contributed by atoms with Gasteiger partial charge in [0, 0.05) is 0 Å². The lowest BCUT2D eigenvalue weighted by Crippen LogP contribution is -2.51. The van der Waals surface area contributed by atoms with Gasteiger partial charge < -0.3 is 0 Å². The number of halogens is 15. The van der Waals surface area contributed by atoms with Crippen molar-refractivity contribution in [3.05, 3.63) is 24.8 Å². The van der Waals surface area contributed by atoms with Gasteiger partial charge in [-0.3, -0.25) is 0 Å². The van der Waals surface area contributed by atoms with Crippen molar-refractivity contribution in [3.8, 4) is 0 Å². The molecule has 0 N–H and O–H groups in total. The second-order valence-electron chi connectivity index (χ2n) is 3.96. The second-order valence-corrected chi connectivity index (χ2v) is 3.96. The van der Waals surface area contributed by atoms with Gasteiger partial charge in [0.15, 0.2) is 0 Å². The summed E-state index contributed by atoms with van der Waals surface area (Å²) in [6.45, 7) is 3.82. The van der Waals surface area contributed by atoms with Crippen LogP contribution in [-0.2, 0) is 0 Å². The first-order valence-electron chi connectivity index (χ1n) is 5.14. The molecule has 0 aromatic carbocycles. The average molecular weight is 410 g/mol. The first kappa shape index (κ1) is 25.7. The van der Waals surface area contributed by atoms with Crippen LogP contribution in [0.5, 0.6) is 0 Å². The summed E-state index contributed by atoms with van der Waals surface area (Å²) in [7, 11) is 0. The summed E-state index contributed by atoms with van der Waals surface area (Å²) >= 11 is 0. The molecule has 0 saturated heterocycles. The third kappa shape index (κ3) is 5.73. The van der Waals surface area contributed by atoms with E-state index in [9.17, 15) is 65.9 Å². The summed E-state index contributed by atoms with van der Waals surface area (Å²) in [5, 5.41) is 0. The summed E-state index contributed by atoms with van der Waals surface area (Å²) < 4.78 is 173. The molecule has 0 fully saturated rings. The predicted octanol–water partition coefficient (Wildman–Crippen LogP) is 6.31. The number of allylic oxidation sites excluding steroid dienone is 2. The maximum absolute atomic E-state index is 12.2. The van der Waals surface area contributed by atoms with Crippen molar-refractivity contribution >= 4 is 0 Å². The lowest BCUT2D eigenvalue weighted by molar-refractivity contribution is -0.321. The molecule has 0 nitrogen and oxygen atoms in total. The molecule has 0 bridgehead atoms. The van der Waals surface area contributed by atoms with Crippen molar-refractivity contribution in [2.45, 2.75) is 36.3 Å². The van der Waals surface area contributed by atoms with Gasteiger partial charge in [-0.15, -0.1) is 0 Å². The van der Waals surface area contributed by atoms with E-state index < -0.39 is 47.9 Å². The largest absolute Gasteiger partial charge is 0.458 e. The Bertz CT molecular complexity index is 455. The number of alkyl halides is 15.